The minimum Gasteiger partial charge on any atom is -0.366 e. The molecule has 0 aromatic rings. The molecule has 0 amide bonds. The molecule has 0 aliphatic carbocycles. The standard InChI is InChI=1S/C11H22N2/c1-8(2)10(12-9(3)4)13-11(5,6)7/h9H,1H2,2-7H3,(H,12,13). The molecule has 2 heteroatoms. The van der Waals surface area contributed by atoms with E-state index in [2.05, 4.69) is 51.5 Å². The van der Waals surface area contributed by atoms with Gasteiger partial charge in [-0.25, -0.2) is 0 Å². The lowest BCUT2D eigenvalue weighted by Gasteiger charge is -2.24. The van der Waals surface area contributed by atoms with Crippen LogP contribution in [0.2, 0.25) is 0 Å². The Hall–Kier alpha value is -0.790. The van der Waals surface area contributed by atoms with Gasteiger partial charge in [-0.3, -0.25) is 4.99 Å². The van der Waals surface area contributed by atoms with Gasteiger partial charge in [0.2, 0.25) is 0 Å². The van der Waals surface area contributed by atoms with E-state index in [-0.39, 0.29) is 5.54 Å². The van der Waals surface area contributed by atoms with Crippen molar-refractivity contribution >= 4 is 5.84 Å². The third-order valence-corrected chi connectivity index (χ3v) is 1.28. The van der Waals surface area contributed by atoms with E-state index in [1.165, 1.54) is 0 Å². The fourth-order valence-corrected chi connectivity index (χ4v) is 0.863. The number of nitrogens with zero attached hydrogens (tertiary/aromatic N) is 1. The lowest BCUT2D eigenvalue weighted by Crippen LogP contribution is -2.41. The van der Waals surface area contributed by atoms with E-state index in [0.29, 0.717) is 6.04 Å². The van der Waals surface area contributed by atoms with E-state index in [4.69, 9.17) is 0 Å². The van der Waals surface area contributed by atoms with Gasteiger partial charge in [-0.05, 0) is 47.1 Å². The van der Waals surface area contributed by atoms with Crippen LogP contribution < -0.4 is 5.32 Å². The Labute approximate surface area is 82.1 Å². The van der Waals surface area contributed by atoms with Gasteiger partial charge in [0.05, 0.1) is 0 Å². The van der Waals surface area contributed by atoms with Gasteiger partial charge in [0, 0.05) is 11.6 Å². The fraction of sp³-hybridized carbons (Fsp3) is 0.727. The highest BCUT2D eigenvalue weighted by Gasteiger charge is 2.12. The highest BCUT2D eigenvalue weighted by atomic mass is 15.0. The first kappa shape index (κ1) is 12.2. The van der Waals surface area contributed by atoms with Crippen LogP contribution in [0, 0.1) is 0 Å². The van der Waals surface area contributed by atoms with Crippen LogP contribution in [0.3, 0.4) is 0 Å². The highest BCUT2D eigenvalue weighted by Crippen LogP contribution is 2.03. The minimum atomic E-state index is 0.0483. The lowest BCUT2D eigenvalue weighted by atomic mass is 10.1. The summed E-state index contributed by atoms with van der Waals surface area (Å²) in [6.07, 6.45) is 0. The average Bonchev–Trinajstić information content (AvgIpc) is 1.81. The van der Waals surface area contributed by atoms with Crippen molar-refractivity contribution < 1.29 is 0 Å². The van der Waals surface area contributed by atoms with Crippen LogP contribution >= 0.6 is 0 Å². The van der Waals surface area contributed by atoms with Crippen LogP contribution in [-0.4, -0.2) is 17.4 Å². The third kappa shape index (κ3) is 6.38. The predicted octanol–water partition coefficient (Wildman–Crippen LogP) is 2.76. The first-order valence-electron chi connectivity index (χ1n) is 4.74. The molecule has 0 aliphatic rings. The smallest absolute Gasteiger partial charge is 0.123 e. The molecule has 0 aromatic heterocycles. The van der Waals surface area contributed by atoms with E-state index in [1.807, 2.05) is 6.92 Å². The van der Waals surface area contributed by atoms with Crippen molar-refractivity contribution in [1.29, 1.82) is 0 Å². The molecule has 76 valence electrons. The summed E-state index contributed by atoms with van der Waals surface area (Å²) in [6.45, 7) is 16.3. The quantitative estimate of drug-likeness (QED) is 0.515. The Bertz CT molecular complexity index is 207. The molecule has 0 atom stereocenters. The normalized spacial score (nSPS) is 13.3. The molecule has 0 spiro atoms. The van der Waals surface area contributed by atoms with Crippen LogP contribution in [0.5, 0.6) is 0 Å². The molecular formula is C11H22N2. The summed E-state index contributed by atoms with van der Waals surface area (Å²) in [5, 5.41) is 3.34. The van der Waals surface area contributed by atoms with Gasteiger partial charge < -0.3 is 5.32 Å². The fourth-order valence-electron chi connectivity index (χ4n) is 0.863. The molecule has 0 heterocycles. The Morgan fingerprint density at radius 3 is 2.00 bits per heavy atom. The van der Waals surface area contributed by atoms with E-state index in [1.54, 1.807) is 0 Å². The van der Waals surface area contributed by atoms with Crippen molar-refractivity contribution in [2.75, 3.05) is 0 Å². The van der Waals surface area contributed by atoms with Crippen LogP contribution in [0.4, 0.5) is 0 Å². The molecule has 0 rings (SSSR count). The van der Waals surface area contributed by atoms with Crippen LogP contribution in [0.1, 0.15) is 41.5 Å². The summed E-state index contributed by atoms with van der Waals surface area (Å²) in [4.78, 5) is 4.47. The molecule has 0 aliphatic heterocycles. The van der Waals surface area contributed by atoms with E-state index >= 15 is 0 Å². The van der Waals surface area contributed by atoms with Gasteiger partial charge in [-0.2, -0.15) is 0 Å². The second-order valence-electron chi connectivity index (χ2n) is 4.73. The number of hydrogen-bond acceptors (Lipinski definition) is 1. The average molecular weight is 182 g/mol. The predicted molar refractivity (Wildman–Crippen MR) is 60.3 cm³/mol. The first-order valence-corrected chi connectivity index (χ1v) is 4.74. The summed E-state index contributed by atoms with van der Waals surface area (Å²) >= 11 is 0. The molecular weight excluding hydrogens is 160 g/mol. The van der Waals surface area contributed by atoms with Gasteiger partial charge in [0.25, 0.3) is 0 Å². The largest absolute Gasteiger partial charge is 0.366 e. The topological polar surface area (TPSA) is 24.4 Å². The molecule has 0 unspecified atom stereocenters. The molecule has 0 saturated heterocycles. The minimum absolute atomic E-state index is 0.0483. The highest BCUT2D eigenvalue weighted by molar-refractivity contribution is 5.97. The maximum atomic E-state index is 4.47. The zero-order chi connectivity index (χ0) is 10.6. The lowest BCUT2D eigenvalue weighted by molar-refractivity contribution is 0.509. The number of rotatable bonds is 2. The zero-order valence-corrected chi connectivity index (χ0v) is 9.73. The molecule has 0 bridgehead atoms. The van der Waals surface area contributed by atoms with Crippen LogP contribution in [0.25, 0.3) is 0 Å². The summed E-state index contributed by atoms with van der Waals surface area (Å²) in [7, 11) is 0. The van der Waals surface area contributed by atoms with E-state index in [9.17, 15) is 0 Å². The second kappa shape index (κ2) is 4.45. The van der Waals surface area contributed by atoms with Crippen molar-refractivity contribution in [2.24, 2.45) is 4.99 Å². The van der Waals surface area contributed by atoms with E-state index in [0.717, 1.165) is 11.4 Å². The van der Waals surface area contributed by atoms with Gasteiger partial charge in [-0.1, -0.05) is 6.58 Å². The maximum absolute atomic E-state index is 4.47. The third-order valence-electron chi connectivity index (χ3n) is 1.28. The molecule has 2 nitrogen and oxygen atoms in total. The zero-order valence-electron chi connectivity index (χ0n) is 9.73. The molecule has 0 radical (unpaired) electrons. The van der Waals surface area contributed by atoms with Gasteiger partial charge in [0.15, 0.2) is 0 Å². The Balaban J connectivity index is 4.55. The Kier molecular flexibility index (Phi) is 4.18. The Morgan fingerprint density at radius 1 is 1.31 bits per heavy atom. The number of aliphatic imine (C=N–C) groups is 1. The van der Waals surface area contributed by atoms with Crippen molar-refractivity contribution in [3.8, 4) is 0 Å². The van der Waals surface area contributed by atoms with Crippen molar-refractivity contribution in [1.82, 2.24) is 5.32 Å². The van der Waals surface area contributed by atoms with Crippen molar-refractivity contribution in [3.05, 3.63) is 12.2 Å². The first-order chi connectivity index (χ1) is 5.72. The van der Waals surface area contributed by atoms with Gasteiger partial charge in [-0.15, -0.1) is 0 Å². The van der Waals surface area contributed by atoms with Crippen molar-refractivity contribution in [3.63, 3.8) is 0 Å². The molecule has 0 saturated carbocycles. The summed E-state index contributed by atoms with van der Waals surface area (Å²) in [5.41, 5.74) is 1.04. The van der Waals surface area contributed by atoms with E-state index < -0.39 is 0 Å². The number of amidine groups is 1. The van der Waals surface area contributed by atoms with Gasteiger partial charge in [0.1, 0.15) is 5.84 Å². The maximum Gasteiger partial charge on any atom is 0.123 e. The number of hydrogen-bond donors (Lipinski definition) is 1. The summed E-state index contributed by atoms with van der Waals surface area (Å²) in [6, 6.07) is 0.307. The van der Waals surface area contributed by atoms with Crippen LogP contribution in [-0.2, 0) is 0 Å². The van der Waals surface area contributed by atoms with Crippen molar-refractivity contribution in [2.45, 2.75) is 53.1 Å². The summed E-state index contributed by atoms with van der Waals surface area (Å²) in [5.74, 6) is 0.919. The second-order valence-corrected chi connectivity index (χ2v) is 4.73. The number of nitrogens with one attached hydrogen (secondary N) is 1. The van der Waals surface area contributed by atoms with Crippen LogP contribution in [0.15, 0.2) is 17.1 Å². The molecule has 13 heavy (non-hydrogen) atoms. The van der Waals surface area contributed by atoms with Gasteiger partial charge >= 0.3 is 0 Å². The molecule has 0 fully saturated rings. The molecule has 1 N–H and O–H groups in total. The SMILES string of the molecule is C=C(C)C(=NC(C)C)NC(C)(C)C. The Morgan fingerprint density at radius 2 is 1.77 bits per heavy atom. The summed E-state index contributed by atoms with van der Waals surface area (Å²) < 4.78 is 0. The molecule has 0 aromatic carbocycles. The monoisotopic (exact) mass is 182 g/mol.